The molecule has 0 N–H and O–H groups in total. The van der Waals surface area contributed by atoms with Crippen LogP contribution in [0.3, 0.4) is 0 Å². The lowest BCUT2D eigenvalue weighted by Crippen LogP contribution is -2.31. The van der Waals surface area contributed by atoms with E-state index in [0.717, 1.165) is 0 Å². The van der Waals surface area contributed by atoms with E-state index in [0.29, 0.717) is 12.4 Å². The Labute approximate surface area is 108 Å². The third-order valence-corrected chi connectivity index (χ3v) is 4.42. The molecule has 18 heavy (non-hydrogen) atoms. The van der Waals surface area contributed by atoms with Gasteiger partial charge in [0.05, 0.1) is 12.0 Å². The third kappa shape index (κ3) is 2.89. The van der Waals surface area contributed by atoms with Gasteiger partial charge in [0.15, 0.2) is 5.03 Å². The molecule has 0 aliphatic heterocycles. The van der Waals surface area contributed by atoms with Gasteiger partial charge in [0.1, 0.15) is 5.82 Å². The molecule has 0 spiro atoms. The number of imidazole rings is 1. The first kappa shape index (κ1) is 14.7. The molecule has 100 valence electrons. The second-order valence-electron chi connectivity index (χ2n) is 4.23. The van der Waals surface area contributed by atoms with Crippen LogP contribution in [-0.2, 0) is 16.6 Å². The predicted molar refractivity (Wildman–Crippen MR) is 67.2 cm³/mol. The summed E-state index contributed by atoms with van der Waals surface area (Å²) in [7, 11) is -2.14. The summed E-state index contributed by atoms with van der Waals surface area (Å²) in [4.78, 5) is 4.06. The Balaban J connectivity index is 3.02. The summed E-state index contributed by atoms with van der Waals surface area (Å²) in [5, 5.41) is 8.75. The van der Waals surface area contributed by atoms with Crippen LogP contribution in [0.4, 0.5) is 0 Å². The van der Waals surface area contributed by atoms with Gasteiger partial charge in [0.2, 0.25) is 0 Å². The molecule has 0 radical (unpaired) electrons. The second kappa shape index (κ2) is 5.50. The molecule has 7 heteroatoms. The lowest BCUT2D eigenvalue weighted by Gasteiger charge is -2.16. The van der Waals surface area contributed by atoms with Crippen molar-refractivity contribution in [1.82, 2.24) is 13.9 Å². The monoisotopic (exact) mass is 270 g/mol. The maximum Gasteiger partial charge on any atom is 0.261 e. The van der Waals surface area contributed by atoms with Crippen LogP contribution < -0.4 is 0 Å². The molecule has 1 atom stereocenters. The highest BCUT2D eigenvalue weighted by Crippen LogP contribution is 2.15. The minimum absolute atomic E-state index is 0.0366. The van der Waals surface area contributed by atoms with Gasteiger partial charge in [-0.2, -0.15) is 9.57 Å². The van der Waals surface area contributed by atoms with Crippen LogP contribution in [0.15, 0.2) is 11.2 Å². The van der Waals surface area contributed by atoms with Crippen molar-refractivity contribution in [1.29, 1.82) is 5.26 Å². The molecule has 1 unspecified atom stereocenters. The minimum atomic E-state index is -3.61. The van der Waals surface area contributed by atoms with Crippen LogP contribution in [0.1, 0.15) is 19.7 Å². The molecule has 0 aliphatic carbocycles. The number of rotatable bonds is 5. The van der Waals surface area contributed by atoms with Crippen molar-refractivity contribution >= 4 is 10.0 Å². The Bertz CT molecular complexity index is 556. The quantitative estimate of drug-likeness (QED) is 0.799. The molecule has 0 saturated heterocycles. The van der Waals surface area contributed by atoms with Crippen molar-refractivity contribution < 1.29 is 8.42 Å². The molecule has 0 amide bonds. The Morgan fingerprint density at radius 3 is 2.67 bits per heavy atom. The maximum atomic E-state index is 12.2. The van der Waals surface area contributed by atoms with E-state index >= 15 is 0 Å². The average molecular weight is 270 g/mol. The van der Waals surface area contributed by atoms with Gasteiger partial charge in [0, 0.05) is 26.3 Å². The molecule has 1 heterocycles. The van der Waals surface area contributed by atoms with Gasteiger partial charge in [-0.15, -0.1) is 0 Å². The first-order valence-corrected chi connectivity index (χ1v) is 7.16. The molecule has 0 bridgehead atoms. The summed E-state index contributed by atoms with van der Waals surface area (Å²) >= 11 is 0. The molecule has 1 rings (SSSR count). The fraction of sp³-hybridized carbons (Fsp3) is 0.636. The minimum Gasteiger partial charge on any atom is -0.334 e. The Kier molecular flexibility index (Phi) is 4.48. The maximum absolute atomic E-state index is 12.2. The van der Waals surface area contributed by atoms with Crippen LogP contribution in [0.25, 0.3) is 0 Å². The number of nitrogens with zero attached hydrogens (tertiary/aromatic N) is 4. The fourth-order valence-corrected chi connectivity index (χ4v) is 2.86. The van der Waals surface area contributed by atoms with Crippen molar-refractivity contribution in [2.24, 2.45) is 5.92 Å². The van der Waals surface area contributed by atoms with E-state index in [4.69, 9.17) is 5.26 Å². The van der Waals surface area contributed by atoms with Crippen molar-refractivity contribution in [3.8, 4) is 6.07 Å². The molecule has 1 aromatic heterocycles. The molecule has 0 fully saturated rings. The van der Waals surface area contributed by atoms with Crippen molar-refractivity contribution in [3.63, 3.8) is 0 Å². The van der Waals surface area contributed by atoms with E-state index < -0.39 is 10.0 Å². The summed E-state index contributed by atoms with van der Waals surface area (Å²) in [5.74, 6) is 0.317. The number of hydrogen-bond donors (Lipinski definition) is 0. The first-order chi connectivity index (χ1) is 8.32. The molecule has 0 aromatic carbocycles. The standard InChI is InChI=1S/C11H18N4O2S/c1-5-15-8-11(13-10(15)3)18(16,17)14(4)7-9(2)6-12/h8-9H,5,7H2,1-4H3. The highest BCUT2D eigenvalue weighted by Gasteiger charge is 2.25. The molecule has 6 nitrogen and oxygen atoms in total. The normalized spacial score (nSPS) is 13.6. The number of aromatic nitrogens is 2. The number of sulfonamides is 1. The van der Waals surface area contributed by atoms with Gasteiger partial charge >= 0.3 is 0 Å². The van der Waals surface area contributed by atoms with Gasteiger partial charge in [-0.1, -0.05) is 0 Å². The Hall–Kier alpha value is -1.39. The summed E-state index contributed by atoms with van der Waals surface area (Å²) in [6.07, 6.45) is 1.53. The van der Waals surface area contributed by atoms with Gasteiger partial charge < -0.3 is 4.57 Å². The summed E-state index contributed by atoms with van der Waals surface area (Å²) in [6.45, 7) is 6.21. The third-order valence-electron chi connectivity index (χ3n) is 2.72. The van der Waals surface area contributed by atoms with Crippen molar-refractivity contribution in [3.05, 3.63) is 12.0 Å². The highest BCUT2D eigenvalue weighted by molar-refractivity contribution is 7.89. The number of aryl methyl sites for hydroxylation is 2. The second-order valence-corrected chi connectivity index (χ2v) is 6.22. The number of hydrogen-bond acceptors (Lipinski definition) is 4. The van der Waals surface area contributed by atoms with Crippen LogP contribution >= 0.6 is 0 Å². The highest BCUT2D eigenvalue weighted by atomic mass is 32.2. The van der Waals surface area contributed by atoms with E-state index in [2.05, 4.69) is 4.98 Å². The summed E-state index contributed by atoms with van der Waals surface area (Å²) in [6, 6.07) is 2.02. The Morgan fingerprint density at radius 2 is 2.22 bits per heavy atom. The summed E-state index contributed by atoms with van der Waals surface area (Å²) < 4.78 is 27.4. The van der Waals surface area contributed by atoms with Gasteiger partial charge in [-0.3, -0.25) is 0 Å². The first-order valence-electron chi connectivity index (χ1n) is 5.72. The van der Waals surface area contributed by atoms with Gasteiger partial charge in [0.25, 0.3) is 10.0 Å². The zero-order valence-electron chi connectivity index (χ0n) is 11.1. The van der Waals surface area contributed by atoms with Gasteiger partial charge in [-0.25, -0.2) is 13.4 Å². The SMILES string of the molecule is CCn1cc(S(=O)(=O)N(C)CC(C)C#N)nc1C. The Morgan fingerprint density at radius 1 is 1.61 bits per heavy atom. The van der Waals surface area contributed by atoms with E-state index in [1.807, 2.05) is 13.0 Å². The average Bonchev–Trinajstić information content (AvgIpc) is 2.70. The topological polar surface area (TPSA) is 79.0 Å². The van der Waals surface area contributed by atoms with Crippen LogP contribution in [-0.4, -0.2) is 35.9 Å². The number of nitriles is 1. The lowest BCUT2D eigenvalue weighted by atomic mass is 10.2. The van der Waals surface area contributed by atoms with Gasteiger partial charge in [-0.05, 0) is 20.8 Å². The van der Waals surface area contributed by atoms with Crippen LogP contribution in [0.5, 0.6) is 0 Å². The fourth-order valence-electron chi connectivity index (χ4n) is 1.61. The van der Waals surface area contributed by atoms with E-state index in [9.17, 15) is 8.42 Å². The van der Waals surface area contributed by atoms with Crippen LogP contribution in [0, 0.1) is 24.2 Å². The zero-order chi connectivity index (χ0) is 13.9. The largest absolute Gasteiger partial charge is 0.334 e. The van der Waals surface area contributed by atoms with Crippen LogP contribution in [0.2, 0.25) is 0 Å². The van der Waals surface area contributed by atoms with E-state index in [1.54, 1.807) is 18.4 Å². The molecule has 1 aromatic rings. The molecular formula is C11H18N4O2S. The summed E-state index contributed by atoms with van der Waals surface area (Å²) in [5.41, 5.74) is 0. The zero-order valence-corrected chi connectivity index (χ0v) is 11.9. The van der Waals surface area contributed by atoms with E-state index in [1.165, 1.54) is 17.5 Å². The molecular weight excluding hydrogens is 252 g/mol. The molecule has 0 aliphatic rings. The van der Waals surface area contributed by atoms with Crippen molar-refractivity contribution in [2.75, 3.05) is 13.6 Å². The van der Waals surface area contributed by atoms with E-state index in [-0.39, 0.29) is 17.5 Å². The molecule has 0 saturated carbocycles. The smallest absolute Gasteiger partial charge is 0.261 e. The lowest BCUT2D eigenvalue weighted by molar-refractivity contribution is 0.437. The van der Waals surface area contributed by atoms with Crippen molar-refractivity contribution in [2.45, 2.75) is 32.3 Å². The predicted octanol–water partition coefficient (Wildman–Crippen LogP) is 0.992.